The minimum absolute atomic E-state index is 0.142. The van der Waals surface area contributed by atoms with E-state index in [4.69, 9.17) is 0 Å². The summed E-state index contributed by atoms with van der Waals surface area (Å²) in [6.07, 6.45) is 2.67. The van der Waals surface area contributed by atoms with E-state index in [1.165, 1.54) is 24.0 Å². The minimum Gasteiger partial charge on any atom is -0.394 e. The molecule has 0 aliphatic heterocycles. The molecule has 1 aliphatic rings. The second-order valence-electron chi connectivity index (χ2n) is 5.18. The van der Waals surface area contributed by atoms with Gasteiger partial charge in [-0.1, -0.05) is 29.8 Å². The number of benzene rings is 1. The molecule has 0 spiro atoms. The van der Waals surface area contributed by atoms with Crippen LogP contribution in [-0.4, -0.2) is 18.3 Å². The standard InChI is InChI=1S/C14H21NO/c1-11-4-3-5-13(8-11)14(2,10-16)15-9-12-6-7-12/h3-5,8,12,15-16H,6-7,9-10H2,1-2H3. The predicted molar refractivity (Wildman–Crippen MR) is 66.3 cm³/mol. The molecule has 2 rings (SSSR count). The zero-order valence-corrected chi connectivity index (χ0v) is 10.2. The van der Waals surface area contributed by atoms with E-state index in [2.05, 4.69) is 43.4 Å². The van der Waals surface area contributed by atoms with Crippen LogP contribution in [0.15, 0.2) is 24.3 Å². The third kappa shape index (κ3) is 2.63. The third-order valence-corrected chi connectivity index (χ3v) is 3.45. The fraction of sp³-hybridized carbons (Fsp3) is 0.571. The number of hydrogen-bond acceptors (Lipinski definition) is 2. The van der Waals surface area contributed by atoms with Crippen LogP contribution in [0.5, 0.6) is 0 Å². The van der Waals surface area contributed by atoms with Gasteiger partial charge in [-0.2, -0.15) is 0 Å². The van der Waals surface area contributed by atoms with Crippen molar-refractivity contribution in [2.45, 2.75) is 32.2 Å². The first kappa shape index (κ1) is 11.6. The normalized spacial score (nSPS) is 19.4. The monoisotopic (exact) mass is 219 g/mol. The van der Waals surface area contributed by atoms with E-state index in [-0.39, 0.29) is 12.1 Å². The lowest BCUT2D eigenvalue weighted by atomic mass is 9.91. The fourth-order valence-corrected chi connectivity index (χ4v) is 1.93. The maximum absolute atomic E-state index is 9.60. The molecule has 0 radical (unpaired) electrons. The van der Waals surface area contributed by atoms with Crippen LogP contribution in [0.1, 0.15) is 30.9 Å². The van der Waals surface area contributed by atoms with Crippen LogP contribution < -0.4 is 5.32 Å². The number of nitrogens with one attached hydrogen (secondary N) is 1. The highest BCUT2D eigenvalue weighted by Gasteiger charge is 2.29. The predicted octanol–water partition coefficient (Wildman–Crippen LogP) is 2.20. The van der Waals surface area contributed by atoms with Gasteiger partial charge < -0.3 is 10.4 Å². The Morgan fingerprint density at radius 2 is 2.19 bits per heavy atom. The van der Waals surface area contributed by atoms with Gasteiger partial charge in [0.15, 0.2) is 0 Å². The lowest BCUT2D eigenvalue weighted by Gasteiger charge is -2.30. The van der Waals surface area contributed by atoms with E-state index in [9.17, 15) is 5.11 Å². The van der Waals surface area contributed by atoms with Crippen molar-refractivity contribution >= 4 is 0 Å². The van der Waals surface area contributed by atoms with Gasteiger partial charge in [-0.25, -0.2) is 0 Å². The SMILES string of the molecule is Cc1cccc(C(C)(CO)NCC2CC2)c1. The molecule has 0 saturated heterocycles. The molecule has 1 saturated carbocycles. The smallest absolute Gasteiger partial charge is 0.0652 e. The van der Waals surface area contributed by atoms with E-state index in [1.54, 1.807) is 0 Å². The van der Waals surface area contributed by atoms with Gasteiger partial charge in [-0.15, -0.1) is 0 Å². The zero-order valence-electron chi connectivity index (χ0n) is 10.2. The molecule has 0 aromatic heterocycles. The van der Waals surface area contributed by atoms with Crippen molar-refractivity contribution in [1.29, 1.82) is 0 Å². The Hall–Kier alpha value is -0.860. The van der Waals surface area contributed by atoms with Gasteiger partial charge in [0, 0.05) is 0 Å². The molecule has 1 aromatic rings. The van der Waals surface area contributed by atoms with Gasteiger partial charge in [0.1, 0.15) is 0 Å². The summed E-state index contributed by atoms with van der Waals surface area (Å²) in [6, 6.07) is 8.37. The van der Waals surface area contributed by atoms with Crippen molar-refractivity contribution in [2.75, 3.05) is 13.2 Å². The minimum atomic E-state index is -0.297. The molecule has 1 fully saturated rings. The maximum Gasteiger partial charge on any atom is 0.0652 e. The summed E-state index contributed by atoms with van der Waals surface area (Å²) in [5.41, 5.74) is 2.12. The summed E-state index contributed by atoms with van der Waals surface area (Å²) in [5.74, 6) is 0.829. The average molecular weight is 219 g/mol. The first-order valence-electron chi connectivity index (χ1n) is 6.07. The molecule has 0 amide bonds. The summed E-state index contributed by atoms with van der Waals surface area (Å²) in [4.78, 5) is 0. The molecule has 1 aromatic carbocycles. The van der Waals surface area contributed by atoms with Gasteiger partial charge in [0.2, 0.25) is 0 Å². The number of aliphatic hydroxyl groups excluding tert-OH is 1. The highest BCUT2D eigenvalue weighted by molar-refractivity contribution is 5.28. The van der Waals surface area contributed by atoms with Crippen molar-refractivity contribution in [2.24, 2.45) is 5.92 Å². The summed E-state index contributed by atoms with van der Waals surface area (Å²) in [6.45, 7) is 5.32. The third-order valence-electron chi connectivity index (χ3n) is 3.45. The molecule has 0 heterocycles. The number of hydrogen-bond donors (Lipinski definition) is 2. The topological polar surface area (TPSA) is 32.3 Å². The van der Waals surface area contributed by atoms with E-state index in [1.807, 2.05) is 0 Å². The Morgan fingerprint density at radius 1 is 1.44 bits per heavy atom. The Morgan fingerprint density at radius 3 is 2.75 bits per heavy atom. The lowest BCUT2D eigenvalue weighted by molar-refractivity contribution is 0.174. The molecule has 16 heavy (non-hydrogen) atoms. The lowest BCUT2D eigenvalue weighted by Crippen LogP contribution is -2.43. The van der Waals surface area contributed by atoms with Crippen molar-refractivity contribution in [1.82, 2.24) is 5.32 Å². The number of aryl methyl sites for hydroxylation is 1. The quantitative estimate of drug-likeness (QED) is 0.795. The molecule has 1 atom stereocenters. The largest absolute Gasteiger partial charge is 0.394 e. The molecule has 88 valence electrons. The van der Waals surface area contributed by atoms with Gasteiger partial charge in [0.05, 0.1) is 12.1 Å². The summed E-state index contributed by atoms with van der Waals surface area (Å²) >= 11 is 0. The van der Waals surface area contributed by atoms with Gasteiger partial charge in [-0.3, -0.25) is 0 Å². The second kappa shape index (κ2) is 4.56. The first-order valence-corrected chi connectivity index (χ1v) is 6.07. The van der Waals surface area contributed by atoms with Crippen molar-refractivity contribution in [3.05, 3.63) is 35.4 Å². The molecule has 2 N–H and O–H groups in total. The molecule has 2 heteroatoms. The van der Waals surface area contributed by atoms with E-state index in [0.717, 1.165) is 12.5 Å². The molecular weight excluding hydrogens is 198 g/mol. The molecule has 2 nitrogen and oxygen atoms in total. The van der Waals surface area contributed by atoms with E-state index >= 15 is 0 Å². The van der Waals surface area contributed by atoms with Crippen LogP contribution in [0.3, 0.4) is 0 Å². The van der Waals surface area contributed by atoms with Crippen LogP contribution >= 0.6 is 0 Å². The zero-order chi connectivity index (χ0) is 11.6. The van der Waals surface area contributed by atoms with Crippen molar-refractivity contribution < 1.29 is 5.11 Å². The van der Waals surface area contributed by atoms with Crippen LogP contribution in [0.4, 0.5) is 0 Å². The Balaban J connectivity index is 2.11. The maximum atomic E-state index is 9.60. The van der Waals surface area contributed by atoms with E-state index in [0.29, 0.717) is 0 Å². The number of aliphatic hydroxyl groups is 1. The van der Waals surface area contributed by atoms with Gasteiger partial charge >= 0.3 is 0 Å². The molecular formula is C14H21NO. The Bertz CT molecular complexity index is 360. The van der Waals surface area contributed by atoms with Crippen molar-refractivity contribution in [3.63, 3.8) is 0 Å². The number of rotatable bonds is 5. The first-order chi connectivity index (χ1) is 7.64. The van der Waals surface area contributed by atoms with Gasteiger partial charge in [0.25, 0.3) is 0 Å². The fourth-order valence-electron chi connectivity index (χ4n) is 1.93. The Kier molecular flexibility index (Phi) is 3.31. The van der Waals surface area contributed by atoms with Gasteiger partial charge in [-0.05, 0) is 44.7 Å². The summed E-state index contributed by atoms with van der Waals surface area (Å²) < 4.78 is 0. The molecule has 1 aliphatic carbocycles. The van der Waals surface area contributed by atoms with Crippen molar-refractivity contribution in [3.8, 4) is 0 Å². The van der Waals surface area contributed by atoms with Crippen LogP contribution in [0.2, 0.25) is 0 Å². The van der Waals surface area contributed by atoms with Crippen LogP contribution in [0, 0.1) is 12.8 Å². The molecule has 1 unspecified atom stereocenters. The van der Waals surface area contributed by atoms with Crippen LogP contribution in [-0.2, 0) is 5.54 Å². The highest BCUT2D eigenvalue weighted by Crippen LogP contribution is 2.30. The molecule has 0 bridgehead atoms. The summed E-state index contributed by atoms with van der Waals surface area (Å²) in [7, 11) is 0. The second-order valence-corrected chi connectivity index (χ2v) is 5.18. The highest BCUT2D eigenvalue weighted by atomic mass is 16.3. The Labute approximate surface area is 97.7 Å². The van der Waals surface area contributed by atoms with Crippen LogP contribution in [0.25, 0.3) is 0 Å². The average Bonchev–Trinajstić information content (AvgIpc) is 3.10. The van der Waals surface area contributed by atoms with E-state index < -0.39 is 0 Å². The summed E-state index contributed by atoms with van der Waals surface area (Å²) in [5, 5.41) is 13.1.